The fraction of sp³-hybridized carbons (Fsp3) is 0.154. The van der Waals surface area contributed by atoms with Crippen molar-refractivity contribution in [2.24, 2.45) is 5.73 Å². The number of nitrogens with zero attached hydrogens (tertiary/aromatic N) is 2. The third kappa shape index (κ3) is 4.62. The molecule has 3 aromatic carbocycles. The normalized spacial score (nSPS) is 11.8. The number of hydrogen-bond donors (Lipinski definition) is 1. The lowest BCUT2D eigenvalue weighted by molar-refractivity contribution is 0.0999. The lowest BCUT2D eigenvalue weighted by Gasteiger charge is -2.15. The van der Waals surface area contributed by atoms with Crippen molar-refractivity contribution in [3.05, 3.63) is 94.6 Å². The molecule has 8 heteroatoms. The number of benzene rings is 3. The summed E-state index contributed by atoms with van der Waals surface area (Å²) in [4.78, 5) is 11.8. The zero-order valence-corrected chi connectivity index (χ0v) is 19.7. The number of amides is 1. The molecule has 0 aliphatic rings. The summed E-state index contributed by atoms with van der Waals surface area (Å²) in [5.74, 6) is 0.899. The molecule has 1 unspecified atom stereocenters. The van der Waals surface area contributed by atoms with Crippen LogP contribution in [0.25, 0.3) is 16.9 Å². The number of primary amides is 1. The Kier molecular flexibility index (Phi) is 6.86. The zero-order chi connectivity index (χ0) is 24.2. The predicted molar refractivity (Wildman–Crippen MR) is 131 cm³/mol. The van der Waals surface area contributed by atoms with Gasteiger partial charge in [0.15, 0.2) is 0 Å². The molecular formula is C26H24ClN3O4. The number of carbonyl (C=O) groups is 1. The van der Waals surface area contributed by atoms with Gasteiger partial charge in [-0.05, 0) is 72.3 Å². The SMILES string of the molecule is COc1ccc(-c2cc(C(OC)c3ccc(Cl)c(C(N)=O)c3)nn2-c2ccc(OC)cc2)cc1. The van der Waals surface area contributed by atoms with E-state index in [1.807, 2.05) is 59.3 Å². The van der Waals surface area contributed by atoms with Gasteiger partial charge in [0.25, 0.3) is 0 Å². The second-order valence-corrected chi connectivity index (χ2v) is 7.92. The van der Waals surface area contributed by atoms with Crippen LogP contribution in [0.4, 0.5) is 0 Å². The largest absolute Gasteiger partial charge is 0.497 e. The molecule has 174 valence electrons. The second kappa shape index (κ2) is 9.99. The van der Waals surface area contributed by atoms with E-state index >= 15 is 0 Å². The summed E-state index contributed by atoms with van der Waals surface area (Å²) in [6.45, 7) is 0. The molecule has 1 aromatic heterocycles. The molecule has 7 nitrogen and oxygen atoms in total. The molecule has 0 radical (unpaired) electrons. The quantitative estimate of drug-likeness (QED) is 0.384. The molecule has 0 fully saturated rings. The van der Waals surface area contributed by atoms with Gasteiger partial charge >= 0.3 is 0 Å². The molecule has 34 heavy (non-hydrogen) atoms. The topological polar surface area (TPSA) is 88.6 Å². The maximum atomic E-state index is 11.8. The molecule has 1 atom stereocenters. The van der Waals surface area contributed by atoms with Crippen LogP contribution in [-0.4, -0.2) is 37.0 Å². The van der Waals surface area contributed by atoms with Crippen LogP contribution >= 0.6 is 11.6 Å². The van der Waals surface area contributed by atoms with Crippen LogP contribution in [0.2, 0.25) is 5.02 Å². The maximum Gasteiger partial charge on any atom is 0.250 e. The van der Waals surface area contributed by atoms with Crippen LogP contribution in [0, 0.1) is 0 Å². The molecule has 4 rings (SSSR count). The van der Waals surface area contributed by atoms with Gasteiger partial charge < -0.3 is 19.9 Å². The smallest absolute Gasteiger partial charge is 0.250 e. The van der Waals surface area contributed by atoms with Gasteiger partial charge in [-0.15, -0.1) is 0 Å². The van der Waals surface area contributed by atoms with Crippen molar-refractivity contribution in [3.63, 3.8) is 0 Å². The van der Waals surface area contributed by atoms with E-state index in [4.69, 9.17) is 36.6 Å². The summed E-state index contributed by atoms with van der Waals surface area (Å²) in [6, 6.07) is 22.4. The van der Waals surface area contributed by atoms with Gasteiger partial charge in [0.1, 0.15) is 17.6 Å². The molecule has 1 amide bonds. The Labute approximate surface area is 202 Å². The lowest BCUT2D eigenvalue weighted by atomic mass is 10.0. The minimum atomic E-state index is -0.607. The van der Waals surface area contributed by atoms with Gasteiger partial charge in [-0.1, -0.05) is 17.7 Å². The van der Waals surface area contributed by atoms with Crippen molar-refractivity contribution in [2.75, 3.05) is 21.3 Å². The van der Waals surface area contributed by atoms with Gasteiger partial charge in [0, 0.05) is 12.7 Å². The highest BCUT2D eigenvalue weighted by atomic mass is 35.5. The molecule has 0 saturated heterocycles. The first-order valence-corrected chi connectivity index (χ1v) is 10.8. The third-order valence-corrected chi connectivity index (χ3v) is 5.82. The Hall–Kier alpha value is -3.81. The number of rotatable bonds is 8. The van der Waals surface area contributed by atoms with Crippen molar-refractivity contribution in [1.29, 1.82) is 0 Å². The average molecular weight is 478 g/mol. The molecule has 4 aromatic rings. The van der Waals surface area contributed by atoms with Gasteiger partial charge in [-0.2, -0.15) is 5.10 Å². The first-order valence-electron chi connectivity index (χ1n) is 10.5. The Morgan fingerprint density at radius 3 is 2.09 bits per heavy atom. The Morgan fingerprint density at radius 2 is 1.53 bits per heavy atom. The summed E-state index contributed by atoms with van der Waals surface area (Å²) < 4.78 is 18.2. The summed E-state index contributed by atoms with van der Waals surface area (Å²) in [7, 11) is 4.84. The highest BCUT2D eigenvalue weighted by Crippen LogP contribution is 2.33. The van der Waals surface area contributed by atoms with Crippen molar-refractivity contribution in [2.45, 2.75) is 6.10 Å². The number of halogens is 1. The number of nitrogens with two attached hydrogens (primary N) is 1. The van der Waals surface area contributed by atoms with Crippen LogP contribution < -0.4 is 15.2 Å². The van der Waals surface area contributed by atoms with E-state index in [1.165, 1.54) is 0 Å². The molecule has 2 N–H and O–H groups in total. The monoisotopic (exact) mass is 477 g/mol. The molecule has 0 saturated carbocycles. The van der Waals surface area contributed by atoms with E-state index in [-0.39, 0.29) is 10.6 Å². The first kappa shape index (κ1) is 23.4. The Morgan fingerprint density at radius 1 is 0.912 bits per heavy atom. The van der Waals surface area contributed by atoms with Crippen LogP contribution in [0.3, 0.4) is 0 Å². The average Bonchev–Trinajstić information content (AvgIpc) is 3.30. The molecule has 0 spiro atoms. The lowest BCUT2D eigenvalue weighted by Crippen LogP contribution is -2.13. The Balaban J connectivity index is 1.84. The fourth-order valence-corrected chi connectivity index (χ4v) is 3.95. The number of hydrogen-bond acceptors (Lipinski definition) is 5. The highest BCUT2D eigenvalue weighted by Gasteiger charge is 2.22. The molecule has 1 heterocycles. The standard InChI is InChI=1S/C26H24ClN3O4/c1-32-19-9-4-16(5-10-19)24-15-23(29-30(24)18-7-11-20(33-2)12-8-18)25(34-3)17-6-13-22(27)21(14-17)26(28)31/h4-15,25H,1-3H3,(H2,28,31). The van der Waals surface area contributed by atoms with Gasteiger partial charge in [-0.3, -0.25) is 4.79 Å². The van der Waals surface area contributed by atoms with E-state index in [2.05, 4.69) is 0 Å². The number of ether oxygens (including phenoxy) is 3. The van der Waals surface area contributed by atoms with E-state index < -0.39 is 12.0 Å². The van der Waals surface area contributed by atoms with E-state index in [0.29, 0.717) is 11.3 Å². The van der Waals surface area contributed by atoms with Crippen molar-refractivity contribution >= 4 is 17.5 Å². The van der Waals surface area contributed by atoms with Crippen molar-refractivity contribution in [3.8, 4) is 28.4 Å². The molecule has 0 aliphatic carbocycles. The second-order valence-electron chi connectivity index (χ2n) is 7.51. The summed E-state index contributed by atoms with van der Waals surface area (Å²) in [5, 5.41) is 5.16. The summed E-state index contributed by atoms with van der Waals surface area (Å²) in [5.41, 5.74) is 9.73. The third-order valence-electron chi connectivity index (χ3n) is 5.49. The van der Waals surface area contributed by atoms with Crippen molar-refractivity contribution in [1.82, 2.24) is 9.78 Å². The summed E-state index contributed by atoms with van der Waals surface area (Å²) in [6.07, 6.45) is -0.549. The number of methoxy groups -OCH3 is 3. The minimum Gasteiger partial charge on any atom is -0.497 e. The van der Waals surface area contributed by atoms with E-state index in [9.17, 15) is 4.79 Å². The predicted octanol–water partition coefficient (Wildman–Crippen LogP) is 5.04. The van der Waals surface area contributed by atoms with E-state index in [1.54, 1.807) is 39.5 Å². The molecule has 0 bridgehead atoms. The first-order chi connectivity index (χ1) is 16.4. The Bertz CT molecular complexity index is 1240. The number of carbonyl (C=O) groups excluding carboxylic acids is 1. The van der Waals surface area contributed by atoms with Gasteiger partial charge in [0.2, 0.25) is 5.91 Å². The molecular weight excluding hydrogens is 454 g/mol. The zero-order valence-electron chi connectivity index (χ0n) is 19.0. The van der Waals surface area contributed by atoms with E-state index in [0.717, 1.165) is 28.4 Å². The van der Waals surface area contributed by atoms with Crippen LogP contribution in [-0.2, 0) is 4.74 Å². The molecule has 0 aliphatic heterocycles. The van der Waals surface area contributed by atoms with Crippen LogP contribution in [0.5, 0.6) is 11.5 Å². The maximum absolute atomic E-state index is 11.8. The summed E-state index contributed by atoms with van der Waals surface area (Å²) >= 11 is 6.14. The van der Waals surface area contributed by atoms with Crippen LogP contribution in [0.15, 0.2) is 72.8 Å². The van der Waals surface area contributed by atoms with Gasteiger partial charge in [-0.25, -0.2) is 4.68 Å². The van der Waals surface area contributed by atoms with Crippen molar-refractivity contribution < 1.29 is 19.0 Å². The van der Waals surface area contributed by atoms with Gasteiger partial charge in [0.05, 0.1) is 41.9 Å². The fourth-order valence-electron chi connectivity index (χ4n) is 3.74. The minimum absolute atomic E-state index is 0.228. The van der Waals surface area contributed by atoms with Crippen LogP contribution in [0.1, 0.15) is 27.7 Å². The highest BCUT2D eigenvalue weighted by molar-refractivity contribution is 6.33. The number of aromatic nitrogens is 2.